The van der Waals surface area contributed by atoms with E-state index in [1.165, 1.54) is 17.0 Å². The molecular weight excluding hydrogens is 287 g/mol. The summed E-state index contributed by atoms with van der Waals surface area (Å²) in [6.07, 6.45) is 2.54. The second-order valence-corrected chi connectivity index (χ2v) is 5.51. The third-order valence-corrected chi connectivity index (χ3v) is 3.84. The molecule has 22 heavy (non-hydrogen) atoms. The van der Waals surface area contributed by atoms with E-state index in [1.807, 2.05) is 6.92 Å². The molecule has 0 saturated carbocycles. The summed E-state index contributed by atoms with van der Waals surface area (Å²) in [6.45, 7) is 2.42. The Kier molecular flexibility index (Phi) is 5.49. The molecule has 6 heteroatoms. The average molecular weight is 308 g/mol. The van der Waals surface area contributed by atoms with Gasteiger partial charge in [0.05, 0.1) is 6.04 Å². The van der Waals surface area contributed by atoms with Crippen LogP contribution in [0, 0.1) is 5.82 Å². The molecular formula is C16H21FN2O3. The van der Waals surface area contributed by atoms with Gasteiger partial charge in [-0.05, 0) is 37.5 Å². The predicted octanol–water partition coefficient (Wildman–Crippen LogP) is 2.16. The number of benzene rings is 1. The van der Waals surface area contributed by atoms with Crippen LogP contribution in [0.15, 0.2) is 24.3 Å². The molecule has 1 aromatic carbocycles. The quantitative estimate of drug-likeness (QED) is 0.845. The van der Waals surface area contributed by atoms with Crippen LogP contribution in [0.25, 0.3) is 0 Å². The largest absolute Gasteiger partial charge is 0.480 e. The number of amides is 1. The van der Waals surface area contributed by atoms with Crippen molar-refractivity contribution in [1.29, 1.82) is 0 Å². The van der Waals surface area contributed by atoms with Crippen LogP contribution in [0.2, 0.25) is 0 Å². The van der Waals surface area contributed by atoms with E-state index in [4.69, 9.17) is 0 Å². The summed E-state index contributed by atoms with van der Waals surface area (Å²) in [5.41, 5.74) is 0.513. The Morgan fingerprint density at radius 2 is 2.32 bits per heavy atom. The fourth-order valence-electron chi connectivity index (χ4n) is 2.74. The van der Waals surface area contributed by atoms with Crippen molar-refractivity contribution in [3.8, 4) is 0 Å². The Balaban J connectivity index is 2.11. The van der Waals surface area contributed by atoms with Crippen molar-refractivity contribution in [3.05, 3.63) is 30.1 Å². The molecule has 1 aliphatic rings. The van der Waals surface area contributed by atoms with E-state index in [1.54, 1.807) is 12.1 Å². The van der Waals surface area contributed by atoms with Crippen molar-refractivity contribution in [2.75, 3.05) is 11.4 Å². The van der Waals surface area contributed by atoms with Gasteiger partial charge in [-0.2, -0.15) is 0 Å². The van der Waals surface area contributed by atoms with Gasteiger partial charge in [0.2, 0.25) is 5.91 Å². The molecule has 0 spiro atoms. The molecule has 1 heterocycles. The number of rotatable bonds is 6. The van der Waals surface area contributed by atoms with Crippen LogP contribution >= 0.6 is 0 Å². The fourth-order valence-corrected chi connectivity index (χ4v) is 2.74. The lowest BCUT2D eigenvalue weighted by Crippen LogP contribution is -2.55. The minimum atomic E-state index is -0.947. The molecule has 2 N–H and O–H groups in total. The molecule has 0 radical (unpaired) electrons. The van der Waals surface area contributed by atoms with Gasteiger partial charge >= 0.3 is 5.97 Å². The number of carboxylic acid groups (broad SMARTS) is 1. The maximum Gasteiger partial charge on any atom is 0.320 e. The third-order valence-electron chi connectivity index (χ3n) is 3.84. The highest BCUT2D eigenvalue weighted by Crippen LogP contribution is 2.22. The Hall–Kier alpha value is -1.95. The smallest absolute Gasteiger partial charge is 0.320 e. The molecule has 1 saturated heterocycles. The zero-order chi connectivity index (χ0) is 16.1. The van der Waals surface area contributed by atoms with Gasteiger partial charge in [-0.25, -0.2) is 4.39 Å². The number of carbonyl (C=O) groups excluding carboxylic acids is 1. The van der Waals surface area contributed by atoms with Crippen LogP contribution < -0.4 is 10.2 Å². The van der Waals surface area contributed by atoms with Gasteiger partial charge in [0, 0.05) is 12.2 Å². The summed E-state index contributed by atoms with van der Waals surface area (Å²) in [4.78, 5) is 25.3. The van der Waals surface area contributed by atoms with Crippen LogP contribution in [-0.4, -0.2) is 35.6 Å². The van der Waals surface area contributed by atoms with Crippen molar-refractivity contribution in [2.45, 2.75) is 44.7 Å². The Labute approximate surface area is 129 Å². The fraction of sp³-hybridized carbons (Fsp3) is 0.500. The molecule has 2 unspecified atom stereocenters. The molecule has 1 fully saturated rings. The molecule has 0 aliphatic carbocycles. The number of carbonyl (C=O) groups is 2. The molecule has 1 aliphatic heterocycles. The Morgan fingerprint density at radius 1 is 1.55 bits per heavy atom. The SMILES string of the molecule is CCCC(NC1CCCN(c2cccc(F)c2)C1=O)C(=O)O. The molecule has 1 aromatic rings. The standard InChI is InChI=1S/C16H21FN2O3/c1-2-5-14(16(21)22)18-13-8-4-9-19(15(13)20)12-7-3-6-11(17)10-12/h3,6-7,10,13-14,18H,2,4-5,8-9H2,1H3,(H,21,22). The highest BCUT2D eigenvalue weighted by atomic mass is 19.1. The highest BCUT2D eigenvalue weighted by molar-refractivity contribution is 5.98. The first-order chi connectivity index (χ1) is 10.5. The monoisotopic (exact) mass is 308 g/mol. The van der Waals surface area contributed by atoms with Gasteiger partial charge in [0.1, 0.15) is 11.9 Å². The second kappa shape index (κ2) is 7.35. The van der Waals surface area contributed by atoms with Crippen molar-refractivity contribution in [2.24, 2.45) is 0 Å². The lowest BCUT2D eigenvalue weighted by atomic mass is 10.0. The van der Waals surface area contributed by atoms with Crippen molar-refractivity contribution in [3.63, 3.8) is 0 Å². The predicted molar refractivity (Wildman–Crippen MR) is 81.2 cm³/mol. The number of anilines is 1. The van der Waals surface area contributed by atoms with E-state index < -0.39 is 23.9 Å². The second-order valence-electron chi connectivity index (χ2n) is 5.51. The van der Waals surface area contributed by atoms with Crippen molar-refractivity contribution < 1.29 is 19.1 Å². The molecule has 0 aromatic heterocycles. The topological polar surface area (TPSA) is 69.6 Å². The van der Waals surface area contributed by atoms with Gasteiger partial charge in [-0.1, -0.05) is 19.4 Å². The zero-order valence-electron chi connectivity index (χ0n) is 12.6. The minimum Gasteiger partial charge on any atom is -0.480 e. The molecule has 120 valence electrons. The van der Waals surface area contributed by atoms with Crippen molar-refractivity contribution >= 4 is 17.6 Å². The van der Waals surface area contributed by atoms with Crippen LogP contribution in [0.3, 0.4) is 0 Å². The summed E-state index contributed by atoms with van der Waals surface area (Å²) in [6, 6.07) is 4.63. The molecule has 2 rings (SSSR count). The molecule has 5 nitrogen and oxygen atoms in total. The molecule has 1 amide bonds. The highest BCUT2D eigenvalue weighted by Gasteiger charge is 2.32. The first kappa shape index (κ1) is 16.4. The van der Waals surface area contributed by atoms with Gasteiger partial charge in [0.15, 0.2) is 0 Å². The lowest BCUT2D eigenvalue weighted by Gasteiger charge is -2.34. The Bertz CT molecular complexity index is 550. The van der Waals surface area contributed by atoms with Gasteiger partial charge in [-0.3, -0.25) is 14.9 Å². The number of halogens is 1. The Morgan fingerprint density at radius 3 is 2.95 bits per heavy atom. The van der Waals surface area contributed by atoms with Gasteiger partial charge < -0.3 is 10.0 Å². The van der Waals surface area contributed by atoms with E-state index in [9.17, 15) is 19.1 Å². The zero-order valence-corrected chi connectivity index (χ0v) is 12.6. The number of piperidine rings is 1. The van der Waals surface area contributed by atoms with Gasteiger partial charge in [0.25, 0.3) is 0 Å². The summed E-state index contributed by atoms with van der Waals surface area (Å²) in [7, 11) is 0. The van der Waals surface area contributed by atoms with Crippen LogP contribution in [0.4, 0.5) is 10.1 Å². The average Bonchev–Trinajstić information content (AvgIpc) is 2.48. The summed E-state index contributed by atoms with van der Waals surface area (Å²) >= 11 is 0. The lowest BCUT2D eigenvalue weighted by molar-refractivity contribution is -0.140. The maximum absolute atomic E-state index is 13.3. The summed E-state index contributed by atoms with van der Waals surface area (Å²) < 4.78 is 13.3. The van der Waals surface area contributed by atoms with E-state index in [0.29, 0.717) is 25.1 Å². The molecule has 0 bridgehead atoms. The number of aliphatic carboxylic acids is 1. The maximum atomic E-state index is 13.3. The number of hydrogen-bond donors (Lipinski definition) is 2. The minimum absolute atomic E-state index is 0.195. The van der Waals surface area contributed by atoms with Crippen molar-refractivity contribution in [1.82, 2.24) is 5.32 Å². The van der Waals surface area contributed by atoms with E-state index in [2.05, 4.69) is 5.32 Å². The summed E-state index contributed by atoms with van der Waals surface area (Å²) in [5.74, 6) is -1.54. The van der Waals surface area contributed by atoms with Crippen LogP contribution in [-0.2, 0) is 9.59 Å². The van der Waals surface area contributed by atoms with Crippen LogP contribution in [0.1, 0.15) is 32.6 Å². The third kappa shape index (κ3) is 3.82. The number of nitrogens with one attached hydrogen (secondary N) is 1. The number of hydrogen-bond acceptors (Lipinski definition) is 3. The normalized spacial score (nSPS) is 20.0. The van der Waals surface area contributed by atoms with E-state index in [0.717, 1.165) is 12.8 Å². The first-order valence-electron chi connectivity index (χ1n) is 7.58. The van der Waals surface area contributed by atoms with E-state index in [-0.39, 0.29) is 5.91 Å². The molecule has 2 atom stereocenters. The van der Waals surface area contributed by atoms with E-state index >= 15 is 0 Å². The van der Waals surface area contributed by atoms with Crippen LogP contribution in [0.5, 0.6) is 0 Å². The summed E-state index contributed by atoms with van der Waals surface area (Å²) in [5, 5.41) is 12.1. The van der Waals surface area contributed by atoms with Gasteiger partial charge in [-0.15, -0.1) is 0 Å². The first-order valence-corrected chi connectivity index (χ1v) is 7.58. The number of nitrogens with zero attached hydrogens (tertiary/aromatic N) is 1. The number of carboxylic acids is 1.